The molecule has 16 heavy (non-hydrogen) atoms. The van der Waals surface area contributed by atoms with Gasteiger partial charge >= 0.3 is 0 Å². The highest BCUT2D eigenvalue weighted by Crippen LogP contribution is 2.00. The van der Waals surface area contributed by atoms with Crippen molar-refractivity contribution in [2.24, 2.45) is 11.5 Å². The average Bonchev–Trinajstić information content (AvgIpc) is 2.31. The summed E-state index contributed by atoms with van der Waals surface area (Å²) in [6, 6.07) is 10.1. The van der Waals surface area contributed by atoms with Crippen LogP contribution in [0.3, 0.4) is 0 Å². The topological polar surface area (TPSA) is 73.3 Å². The molecule has 0 bridgehead atoms. The number of nitrogens with two attached hydrogens (primary N) is 2. The monoisotopic (exact) mass is 223 g/mol. The van der Waals surface area contributed by atoms with E-state index in [2.05, 4.69) is 5.32 Å². The van der Waals surface area contributed by atoms with Crippen molar-refractivity contribution in [1.82, 2.24) is 5.32 Å². The van der Waals surface area contributed by atoms with Crippen molar-refractivity contribution in [3.63, 3.8) is 0 Å². The molecule has 1 aromatic carbocycles. The number of ether oxygens (including phenoxy) is 1. The van der Waals surface area contributed by atoms with Gasteiger partial charge in [-0.25, -0.2) is 0 Å². The fraction of sp³-hybridized carbons (Fsp3) is 0.500. The Hall–Kier alpha value is -0.940. The minimum absolute atomic E-state index is 0.0234. The highest BCUT2D eigenvalue weighted by Gasteiger charge is 2.01. The molecular weight excluding hydrogens is 202 g/mol. The summed E-state index contributed by atoms with van der Waals surface area (Å²) in [6.45, 7) is 3.36. The third-order valence-electron chi connectivity index (χ3n) is 2.17. The van der Waals surface area contributed by atoms with E-state index in [1.807, 2.05) is 30.3 Å². The lowest BCUT2D eigenvalue weighted by atomic mass is 10.2. The van der Waals surface area contributed by atoms with E-state index in [4.69, 9.17) is 16.2 Å². The van der Waals surface area contributed by atoms with Crippen molar-refractivity contribution < 1.29 is 4.74 Å². The van der Waals surface area contributed by atoms with E-state index in [0.29, 0.717) is 19.8 Å². The summed E-state index contributed by atoms with van der Waals surface area (Å²) in [5.74, 6) is 0. The zero-order chi connectivity index (χ0) is 11.6. The van der Waals surface area contributed by atoms with Crippen LogP contribution in [0.4, 0.5) is 0 Å². The molecule has 4 nitrogen and oxygen atoms in total. The van der Waals surface area contributed by atoms with Gasteiger partial charge in [-0.3, -0.25) is 0 Å². The number of hydrogen-bond donors (Lipinski definition) is 3. The summed E-state index contributed by atoms with van der Waals surface area (Å²) in [7, 11) is 0. The van der Waals surface area contributed by atoms with Crippen LogP contribution in [0.2, 0.25) is 0 Å². The minimum Gasteiger partial charge on any atom is -0.375 e. The summed E-state index contributed by atoms with van der Waals surface area (Å²) in [5, 5.41) is 3.15. The van der Waals surface area contributed by atoms with Gasteiger partial charge in [-0.2, -0.15) is 0 Å². The number of nitrogens with one attached hydrogen (secondary N) is 1. The van der Waals surface area contributed by atoms with Crippen molar-refractivity contribution in [2.75, 3.05) is 26.2 Å². The molecule has 5 N–H and O–H groups in total. The zero-order valence-corrected chi connectivity index (χ0v) is 9.56. The second kappa shape index (κ2) is 8.24. The van der Waals surface area contributed by atoms with Crippen LogP contribution in [0, 0.1) is 0 Å². The highest BCUT2D eigenvalue weighted by atomic mass is 16.5. The van der Waals surface area contributed by atoms with Crippen LogP contribution in [-0.4, -0.2) is 32.3 Å². The van der Waals surface area contributed by atoms with E-state index in [1.165, 1.54) is 5.56 Å². The van der Waals surface area contributed by atoms with E-state index >= 15 is 0 Å². The lowest BCUT2D eigenvalue weighted by molar-refractivity contribution is 0.107. The molecule has 1 aromatic rings. The molecule has 1 atom stereocenters. The van der Waals surface area contributed by atoms with E-state index in [1.54, 1.807) is 0 Å². The molecular formula is C12H21N3O. The summed E-state index contributed by atoms with van der Waals surface area (Å²) >= 11 is 0. The van der Waals surface area contributed by atoms with E-state index in [-0.39, 0.29) is 6.04 Å². The maximum absolute atomic E-state index is 5.85. The van der Waals surface area contributed by atoms with Crippen LogP contribution < -0.4 is 16.8 Å². The Labute approximate surface area is 97.0 Å². The van der Waals surface area contributed by atoms with Gasteiger partial charge in [0.15, 0.2) is 0 Å². The van der Waals surface area contributed by atoms with Gasteiger partial charge in [0.25, 0.3) is 0 Å². The molecule has 1 rings (SSSR count). The lowest BCUT2D eigenvalue weighted by Crippen LogP contribution is -2.39. The molecule has 0 amide bonds. The third kappa shape index (κ3) is 5.82. The van der Waals surface area contributed by atoms with Gasteiger partial charge in [0.1, 0.15) is 0 Å². The molecule has 0 saturated heterocycles. The molecule has 0 radical (unpaired) electrons. The van der Waals surface area contributed by atoms with Gasteiger partial charge < -0.3 is 21.5 Å². The fourth-order valence-corrected chi connectivity index (χ4v) is 1.35. The van der Waals surface area contributed by atoms with Crippen LogP contribution in [0.25, 0.3) is 0 Å². The predicted octanol–water partition coefficient (Wildman–Crippen LogP) is 0.0788. The SMILES string of the molecule is NCCNC[C@H](N)COCc1ccccc1. The number of rotatable bonds is 8. The average molecular weight is 223 g/mol. The Morgan fingerprint density at radius 2 is 2.00 bits per heavy atom. The van der Waals surface area contributed by atoms with E-state index < -0.39 is 0 Å². The molecule has 0 aliphatic rings. The van der Waals surface area contributed by atoms with Gasteiger partial charge in [0.2, 0.25) is 0 Å². The first kappa shape index (κ1) is 13.1. The molecule has 90 valence electrons. The molecule has 0 saturated carbocycles. The Balaban J connectivity index is 2.06. The standard InChI is InChI=1S/C12H21N3O/c13-6-7-15-8-12(14)10-16-9-11-4-2-1-3-5-11/h1-5,12,15H,6-10,13-14H2/t12-/m0/s1. The van der Waals surface area contributed by atoms with Crippen molar-refractivity contribution in [3.05, 3.63) is 35.9 Å². The fourth-order valence-electron chi connectivity index (χ4n) is 1.35. The van der Waals surface area contributed by atoms with Gasteiger partial charge in [-0.1, -0.05) is 30.3 Å². The van der Waals surface area contributed by atoms with Crippen LogP contribution in [0.1, 0.15) is 5.56 Å². The Bertz CT molecular complexity index is 266. The first-order valence-electron chi connectivity index (χ1n) is 5.61. The van der Waals surface area contributed by atoms with Crippen LogP contribution >= 0.6 is 0 Å². The summed E-state index contributed by atoms with van der Waals surface area (Å²) in [5.41, 5.74) is 12.4. The quantitative estimate of drug-likeness (QED) is 0.546. The molecule has 0 unspecified atom stereocenters. The van der Waals surface area contributed by atoms with E-state index in [9.17, 15) is 0 Å². The number of hydrogen-bond acceptors (Lipinski definition) is 4. The van der Waals surface area contributed by atoms with E-state index in [0.717, 1.165) is 13.1 Å². The van der Waals surface area contributed by atoms with Crippen LogP contribution in [0.5, 0.6) is 0 Å². The second-order valence-corrected chi connectivity index (χ2v) is 3.75. The third-order valence-corrected chi connectivity index (χ3v) is 2.17. The molecule has 0 fully saturated rings. The molecule has 0 aliphatic carbocycles. The maximum Gasteiger partial charge on any atom is 0.0717 e. The second-order valence-electron chi connectivity index (χ2n) is 3.75. The molecule has 0 aliphatic heterocycles. The normalized spacial score (nSPS) is 12.6. The van der Waals surface area contributed by atoms with Crippen molar-refractivity contribution in [1.29, 1.82) is 0 Å². The van der Waals surface area contributed by atoms with Gasteiger partial charge in [-0.15, -0.1) is 0 Å². The predicted molar refractivity (Wildman–Crippen MR) is 66.0 cm³/mol. The molecule has 0 aromatic heterocycles. The highest BCUT2D eigenvalue weighted by molar-refractivity contribution is 5.13. The Morgan fingerprint density at radius 3 is 2.69 bits per heavy atom. The molecule has 0 heterocycles. The van der Waals surface area contributed by atoms with Crippen LogP contribution in [-0.2, 0) is 11.3 Å². The smallest absolute Gasteiger partial charge is 0.0717 e. The first-order valence-corrected chi connectivity index (χ1v) is 5.61. The zero-order valence-electron chi connectivity index (χ0n) is 9.56. The largest absolute Gasteiger partial charge is 0.375 e. The summed E-state index contributed by atoms with van der Waals surface area (Å²) in [6.07, 6.45) is 0. The lowest BCUT2D eigenvalue weighted by Gasteiger charge is -2.12. The molecule has 4 heteroatoms. The van der Waals surface area contributed by atoms with Gasteiger partial charge in [-0.05, 0) is 5.56 Å². The van der Waals surface area contributed by atoms with Crippen molar-refractivity contribution in [3.8, 4) is 0 Å². The van der Waals surface area contributed by atoms with Crippen molar-refractivity contribution >= 4 is 0 Å². The van der Waals surface area contributed by atoms with Gasteiger partial charge in [0, 0.05) is 25.7 Å². The van der Waals surface area contributed by atoms with Crippen LogP contribution in [0.15, 0.2) is 30.3 Å². The number of benzene rings is 1. The van der Waals surface area contributed by atoms with Crippen molar-refractivity contribution in [2.45, 2.75) is 12.6 Å². The minimum atomic E-state index is 0.0234. The Kier molecular flexibility index (Phi) is 6.76. The molecule has 0 spiro atoms. The Morgan fingerprint density at radius 1 is 1.25 bits per heavy atom. The first-order chi connectivity index (χ1) is 7.83. The summed E-state index contributed by atoms with van der Waals surface area (Å²) < 4.78 is 5.52. The summed E-state index contributed by atoms with van der Waals surface area (Å²) in [4.78, 5) is 0. The maximum atomic E-state index is 5.85. The van der Waals surface area contributed by atoms with Gasteiger partial charge in [0.05, 0.1) is 13.2 Å².